The van der Waals surface area contributed by atoms with Crippen LogP contribution in [-0.2, 0) is 0 Å². The van der Waals surface area contributed by atoms with Gasteiger partial charge in [0.2, 0.25) is 0 Å². The number of hydrogen-bond acceptors (Lipinski definition) is 0. The van der Waals surface area contributed by atoms with Crippen LogP contribution < -0.4 is 0 Å². The Morgan fingerprint density at radius 3 is 2.06 bits per heavy atom. The van der Waals surface area contributed by atoms with Crippen LogP contribution in [0.5, 0.6) is 0 Å². The second-order valence-corrected chi connectivity index (χ2v) is 3.53. The number of hydrogen-bond donors (Lipinski definition) is 0. The van der Waals surface area contributed by atoms with Gasteiger partial charge in [0.25, 0.3) is 0 Å². The van der Waals surface area contributed by atoms with E-state index in [1.165, 1.54) is 6.08 Å². The van der Waals surface area contributed by atoms with Crippen LogP contribution in [0, 0.1) is 17.5 Å². The Morgan fingerprint density at radius 1 is 0.706 bits per heavy atom. The van der Waals surface area contributed by atoms with Gasteiger partial charge >= 0.3 is 0 Å². The molecule has 0 N–H and O–H groups in total. The van der Waals surface area contributed by atoms with Gasteiger partial charge in [-0.15, -0.1) is 0 Å². The fourth-order valence-corrected chi connectivity index (χ4v) is 1.42. The minimum Gasteiger partial charge on any atom is -0.206 e. The first-order valence-electron chi connectivity index (χ1n) is 5.04. The van der Waals surface area contributed by atoms with Gasteiger partial charge in [-0.2, -0.15) is 0 Å². The normalized spacial score (nSPS) is 11.0. The third kappa shape index (κ3) is 2.75. The summed E-state index contributed by atoms with van der Waals surface area (Å²) in [5, 5.41) is 0. The van der Waals surface area contributed by atoms with Gasteiger partial charge in [-0.05, 0) is 11.6 Å². The highest BCUT2D eigenvalue weighted by Crippen LogP contribution is 2.16. The first-order valence-corrected chi connectivity index (χ1v) is 5.04. The molecule has 0 unspecified atom stereocenters. The molecule has 0 amide bonds. The van der Waals surface area contributed by atoms with Crippen molar-refractivity contribution in [2.24, 2.45) is 0 Å². The Bertz CT molecular complexity index is 545. The van der Waals surface area contributed by atoms with Gasteiger partial charge in [-0.1, -0.05) is 42.5 Å². The van der Waals surface area contributed by atoms with Gasteiger partial charge in [0, 0.05) is 11.6 Å². The molecule has 2 aromatic rings. The molecule has 2 aromatic carbocycles. The van der Waals surface area contributed by atoms with E-state index >= 15 is 0 Å². The molecule has 0 fully saturated rings. The standard InChI is InChI=1S/C14H9F3/c15-12-9-14(17)13(16)8-11(12)7-6-10-4-2-1-3-5-10/h1-9H. The van der Waals surface area contributed by atoms with Crippen molar-refractivity contribution in [3.63, 3.8) is 0 Å². The van der Waals surface area contributed by atoms with Gasteiger partial charge in [0.1, 0.15) is 5.82 Å². The monoisotopic (exact) mass is 234 g/mol. The summed E-state index contributed by atoms with van der Waals surface area (Å²) >= 11 is 0. The molecule has 3 heteroatoms. The lowest BCUT2D eigenvalue weighted by Crippen LogP contribution is -1.89. The molecule has 0 atom stereocenters. The van der Waals surface area contributed by atoms with Crippen molar-refractivity contribution < 1.29 is 13.2 Å². The molecule has 2 rings (SSSR count). The van der Waals surface area contributed by atoms with Crippen LogP contribution >= 0.6 is 0 Å². The van der Waals surface area contributed by atoms with E-state index in [0.29, 0.717) is 6.07 Å². The molecule has 0 saturated carbocycles. The Balaban J connectivity index is 2.31. The van der Waals surface area contributed by atoms with Crippen molar-refractivity contribution in [2.45, 2.75) is 0 Å². The van der Waals surface area contributed by atoms with E-state index in [4.69, 9.17) is 0 Å². The van der Waals surface area contributed by atoms with E-state index in [9.17, 15) is 13.2 Å². The van der Waals surface area contributed by atoms with E-state index in [2.05, 4.69) is 0 Å². The van der Waals surface area contributed by atoms with Gasteiger partial charge in [-0.3, -0.25) is 0 Å². The molecule has 0 aliphatic heterocycles. The van der Waals surface area contributed by atoms with Crippen LogP contribution in [0.2, 0.25) is 0 Å². The van der Waals surface area contributed by atoms with E-state index < -0.39 is 17.5 Å². The number of benzene rings is 2. The highest BCUT2D eigenvalue weighted by molar-refractivity contribution is 5.69. The third-order valence-electron chi connectivity index (χ3n) is 2.29. The maximum atomic E-state index is 13.3. The lowest BCUT2D eigenvalue weighted by Gasteiger charge is -1.99. The van der Waals surface area contributed by atoms with Crippen LogP contribution in [0.3, 0.4) is 0 Å². The summed E-state index contributed by atoms with van der Waals surface area (Å²) in [6, 6.07) is 10.6. The van der Waals surface area contributed by atoms with Crippen molar-refractivity contribution in [3.8, 4) is 0 Å². The predicted octanol–water partition coefficient (Wildman–Crippen LogP) is 4.27. The molecule has 0 aromatic heterocycles. The minimum atomic E-state index is -1.18. The summed E-state index contributed by atoms with van der Waals surface area (Å²) in [6.07, 6.45) is 3.04. The molecule has 0 spiro atoms. The summed E-state index contributed by atoms with van der Waals surface area (Å²) < 4.78 is 38.9. The SMILES string of the molecule is Fc1cc(F)c(C=Cc2ccccc2)cc1F. The zero-order chi connectivity index (χ0) is 12.3. The molecule has 0 nitrogen and oxygen atoms in total. The largest absolute Gasteiger partial charge is 0.206 e. The zero-order valence-electron chi connectivity index (χ0n) is 8.83. The summed E-state index contributed by atoms with van der Waals surface area (Å²) in [4.78, 5) is 0. The van der Waals surface area contributed by atoms with Crippen molar-refractivity contribution in [2.75, 3.05) is 0 Å². The summed E-state index contributed by atoms with van der Waals surface area (Å²) in [5.41, 5.74) is 0.879. The zero-order valence-corrected chi connectivity index (χ0v) is 8.83. The van der Waals surface area contributed by atoms with Gasteiger partial charge in [0.05, 0.1) is 0 Å². The second-order valence-electron chi connectivity index (χ2n) is 3.53. The summed E-state index contributed by atoms with van der Waals surface area (Å²) in [5.74, 6) is -3.02. The first kappa shape index (κ1) is 11.5. The predicted molar refractivity (Wildman–Crippen MR) is 61.7 cm³/mol. The molecular formula is C14H9F3. The Morgan fingerprint density at radius 2 is 1.35 bits per heavy atom. The summed E-state index contributed by atoms with van der Waals surface area (Å²) in [6.45, 7) is 0. The number of rotatable bonds is 2. The highest BCUT2D eigenvalue weighted by atomic mass is 19.2. The average molecular weight is 234 g/mol. The quantitative estimate of drug-likeness (QED) is 0.537. The molecular weight excluding hydrogens is 225 g/mol. The van der Waals surface area contributed by atoms with Crippen molar-refractivity contribution in [1.82, 2.24) is 0 Å². The lowest BCUT2D eigenvalue weighted by molar-refractivity contribution is 0.494. The van der Waals surface area contributed by atoms with Crippen molar-refractivity contribution in [1.29, 1.82) is 0 Å². The van der Waals surface area contributed by atoms with Crippen LogP contribution in [-0.4, -0.2) is 0 Å². The maximum Gasteiger partial charge on any atom is 0.161 e. The Labute approximate surface area is 97.0 Å². The molecule has 86 valence electrons. The minimum absolute atomic E-state index is 0.0211. The molecule has 17 heavy (non-hydrogen) atoms. The molecule has 0 saturated heterocycles. The van der Waals surface area contributed by atoms with Crippen LogP contribution in [0.4, 0.5) is 13.2 Å². The topological polar surface area (TPSA) is 0 Å². The Kier molecular flexibility index (Phi) is 3.28. The molecule has 0 aliphatic carbocycles. The van der Waals surface area contributed by atoms with Crippen LogP contribution in [0.25, 0.3) is 12.2 Å². The van der Waals surface area contributed by atoms with E-state index in [1.807, 2.05) is 30.3 Å². The van der Waals surface area contributed by atoms with Crippen molar-refractivity contribution >= 4 is 12.2 Å². The molecule has 0 radical (unpaired) electrons. The molecule has 0 aliphatic rings. The van der Waals surface area contributed by atoms with Crippen LogP contribution in [0.1, 0.15) is 11.1 Å². The highest BCUT2D eigenvalue weighted by Gasteiger charge is 2.07. The smallest absolute Gasteiger partial charge is 0.161 e. The molecule has 0 heterocycles. The summed E-state index contributed by atoms with van der Waals surface area (Å²) in [7, 11) is 0. The molecule has 0 bridgehead atoms. The third-order valence-corrected chi connectivity index (χ3v) is 2.29. The van der Waals surface area contributed by atoms with E-state index in [1.54, 1.807) is 6.08 Å². The van der Waals surface area contributed by atoms with Crippen molar-refractivity contribution in [3.05, 3.63) is 71.0 Å². The fourth-order valence-electron chi connectivity index (χ4n) is 1.42. The van der Waals surface area contributed by atoms with E-state index in [0.717, 1.165) is 11.6 Å². The lowest BCUT2D eigenvalue weighted by atomic mass is 10.1. The van der Waals surface area contributed by atoms with Crippen LogP contribution in [0.15, 0.2) is 42.5 Å². The Hall–Kier alpha value is -2.03. The fraction of sp³-hybridized carbons (Fsp3) is 0. The first-order chi connectivity index (χ1) is 8.16. The maximum absolute atomic E-state index is 13.3. The second kappa shape index (κ2) is 4.87. The van der Waals surface area contributed by atoms with Gasteiger partial charge < -0.3 is 0 Å². The average Bonchev–Trinajstić information content (AvgIpc) is 2.33. The van der Waals surface area contributed by atoms with E-state index in [-0.39, 0.29) is 5.56 Å². The number of halogens is 3. The van der Waals surface area contributed by atoms with Gasteiger partial charge in [-0.25, -0.2) is 13.2 Å². The van der Waals surface area contributed by atoms with Gasteiger partial charge in [0.15, 0.2) is 11.6 Å².